The van der Waals surface area contributed by atoms with E-state index in [1.54, 1.807) is 0 Å². The number of rotatable bonds is 1. The topological polar surface area (TPSA) is 20.2 Å². The molecule has 0 radical (unpaired) electrons. The maximum Gasteiger partial charge on any atom is 0.0493 e. The van der Waals surface area contributed by atoms with Gasteiger partial charge in [0.25, 0.3) is 0 Å². The van der Waals surface area contributed by atoms with Crippen LogP contribution in [0.5, 0.6) is 0 Å². The van der Waals surface area contributed by atoms with Crippen molar-refractivity contribution < 1.29 is 5.11 Å². The summed E-state index contributed by atoms with van der Waals surface area (Å²) in [6.45, 7) is 2.54. The smallest absolute Gasteiger partial charge is 0.0493 e. The third kappa shape index (κ3) is 1.83. The van der Waals surface area contributed by atoms with Gasteiger partial charge in [-0.3, -0.25) is 0 Å². The van der Waals surface area contributed by atoms with Crippen molar-refractivity contribution in [3.63, 3.8) is 0 Å². The van der Waals surface area contributed by atoms with E-state index < -0.39 is 0 Å². The van der Waals surface area contributed by atoms with Gasteiger partial charge < -0.3 is 5.11 Å². The summed E-state index contributed by atoms with van der Waals surface area (Å²) in [6.07, 6.45) is 6.73. The van der Waals surface area contributed by atoms with Crippen molar-refractivity contribution in [2.45, 2.75) is 19.8 Å². The SMILES string of the molecule is CC1C=C[C@H](CO)CC1. The molecule has 0 aromatic rings. The zero-order chi connectivity index (χ0) is 6.69. The lowest BCUT2D eigenvalue weighted by Crippen LogP contribution is -2.09. The van der Waals surface area contributed by atoms with E-state index in [1.165, 1.54) is 6.42 Å². The molecule has 0 aromatic heterocycles. The second kappa shape index (κ2) is 3.02. The van der Waals surface area contributed by atoms with Crippen LogP contribution in [-0.2, 0) is 0 Å². The van der Waals surface area contributed by atoms with E-state index in [9.17, 15) is 0 Å². The normalized spacial score (nSPS) is 34.9. The molecule has 0 aromatic carbocycles. The molecule has 1 heteroatoms. The predicted molar refractivity (Wildman–Crippen MR) is 38.1 cm³/mol. The Kier molecular flexibility index (Phi) is 2.29. The van der Waals surface area contributed by atoms with Gasteiger partial charge in [-0.1, -0.05) is 19.1 Å². The highest BCUT2D eigenvalue weighted by Gasteiger charge is 2.10. The fourth-order valence-electron chi connectivity index (χ4n) is 1.17. The summed E-state index contributed by atoms with van der Waals surface area (Å²) in [6, 6.07) is 0. The maximum absolute atomic E-state index is 8.73. The van der Waals surface area contributed by atoms with E-state index in [1.807, 2.05) is 0 Å². The average molecular weight is 126 g/mol. The number of aliphatic hydroxyl groups is 1. The number of allylic oxidation sites excluding steroid dienone is 1. The van der Waals surface area contributed by atoms with Gasteiger partial charge in [0.2, 0.25) is 0 Å². The van der Waals surface area contributed by atoms with E-state index >= 15 is 0 Å². The fraction of sp³-hybridized carbons (Fsp3) is 0.750. The second-order valence-corrected chi connectivity index (χ2v) is 2.88. The summed E-state index contributed by atoms with van der Waals surface area (Å²) in [5, 5.41) is 8.73. The van der Waals surface area contributed by atoms with Gasteiger partial charge in [0.05, 0.1) is 0 Å². The average Bonchev–Trinajstić information content (AvgIpc) is 1.90. The quantitative estimate of drug-likeness (QED) is 0.529. The monoisotopic (exact) mass is 126 g/mol. The van der Waals surface area contributed by atoms with Gasteiger partial charge in [-0.15, -0.1) is 0 Å². The maximum atomic E-state index is 8.73. The van der Waals surface area contributed by atoms with Crippen LogP contribution in [0.15, 0.2) is 12.2 Å². The van der Waals surface area contributed by atoms with Crippen molar-refractivity contribution in [1.29, 1.82) is 0 Å². The van der Waals surface area contributed by atoms with Crippen molar-refractivity contribution in [2.75, 3.05) is 6.61 Å². The van der Waals surface area contributed by atoms with E-state index in [0.29, 0.717) is 12.5 Å². The third-order valence-electron chi connectivity index (χ3n) is 1.94. The molecule has 9 heavy (non-hydrogen) atoms. The first-order chi connectivity index (χ1) is 4.33. The van der Waals surface area contributed by atoms with Gasteiger partial charge in [-0.25, -0.2) is 0 Å². The van der Waals surface area contributed by atoms with Crippen molar-refractivity contribution in [2.24, 2.45) is 11.8 Å². The van der Waals surface area contributed by atoms with Crippen molar-refractivity contribution >= 4 is 0 Å². The van der Waals surface area contributed by atoms with E-state index in [2.05, 4.69) is 19.1 Å². The standard InChI is InChI=1S/C8H14O/c1-7-2-4-8(6-9)5-3-7/h2,4,7-9H,3,5-6H2,1H3/t7?,8-/m0/s1. The van der Waals surface area contributed by atoms with Crippen LogP contribution in [0.3, 0.4) is 0 Å². The van der Waals surface area contributed by atoms with Crippen LogP contribution >= 0.6 is 0 Å². The number of hydrogen-bond acceptors (Lipinski definition) is 1. The minimum atomic E-state index is 0.323. The Balaban J connectivity index is 2.38. The molecule has 0 fully saturated rings. The van der Waals surface area contributed by atoms with Crippen LogP contribution < -0.4 is 0 Å². The molecule has 0 saturated carbocycles. The molecule has 0 spiro atoms. The molecule has 0 aliphatic heterocycles. The molecule has 0 saturated heterocycles. The van der Waals surface area contributed by atoms with Crippen LogP contribution in [0.1, 0.15) is 19.8 Å². The molecule has 1 nitrogen and oxygen atoms in total. The second-order valence-electron chi connectivity index (χ2n) is 2.88. The lowest BCUT2D eigenvalue weighted by Gasteiger charge is -2.17. The van der Waals surface area contributed by atoms with Crippen LogP contribution in [0.2, 0.25) is 0 Å². The fourth-order valence-corrected chi connectivity index (χ4v) is 1.17. The highest BCUT2D eigenvalue weighted by atomic mass is 16.3. The molecule has 1 aliphatic rings. The van der Waals surface area contributed by atoms with Crippen LogP contribution in [0, 0.1) is 11.8 Å². The van der Waals surface area contributed by atoms with Crippen molar-refractivity contribution in [1.82, 2.24) is 0 Å². The lowest BCUT2D eigenvalue weighted by atomic mass is 9.90. The molecule has 1 rings (SSSR count). The van der Waals surface area contributed by atoms with Crippen molar-refractivity contribution in [3.8, 4) is 0 Å². The van der Waals surface area contributed by atoms with E-state index in [-0.39, 0.29) is 0 Å². The highest BCUT2D eigenvalue weighted by molar-refractivity contribution is 4.96. The van der Waals surface area contributed by atoms with Crippen LogP contribution in [0.4, 0.5) is 0 Å². The highest BCUT2D eigenvalue weighted by Crippen LogP contribution is 2.20. The van der Waals surface area contributed by atoms with Gasteiger partial charge in [0, 0.05) is 6.61 Å². The molecule has 1 unspecified atom stereocenters. The predicted octanol–water partition coefficient (Wildman–Crippen LogP) is 1.58. The Labute approximate surface area is 56.4 Å². The Morgan fingerprint density at radius 1 is 1.44 bits per heavy atom. The molecule has 2 atom stereocenters. The molecular formula is C8H14O. The van der Waals surface area contributed by atoms with E-state index in [4.69, 9.17) is 5.11 Å². The number of hydrogen-bond donors (Lipinski definition) is 1. The Morgan fingerprint density at radius 3 is 2.67 bits per heavy atom. The first kappa shape index (κ1) is 6.81. The molecule has 0 amide bonds. The largest absolute Gasteiger partial charge is 0.396 e. The molecule has 0 heterocycles. The molecule has 1 N–H and O–H groups in total. The first-order valence-electron chi connectivity index (χ1n) is 3.62. The molecular weight excluding hydrogens is 112 g/mol. The summed E-state index contributed by atoms with van der Waals surface area (Å²) < 4.78 is 0. The minimum Gasteiger partial charge on any atom is -0.396 e. The van der Waals surface area contributed by atoms with Gasteiger partial charge >= 0.3 is 0 Å². The van der Waals surface area contributed by atoms with Crippen molar-refractivity contribution in [3.05, 3.63) is 12.2 Å². The van der Waals surface area contributed by atoms with Gasteiger partial charge in [-0.2, -0.15) is 0 Å². The van der Waals surface area contributed by atoms with Crippen LogP contribution in [0.25, 0.3) is 0 Å². The Hall–Kier alpha value is -0.300. The van der Waals surface area contributed by atoms with Gasteiger partial charge in [-0.05, 0) is 24.7 Å². The summed E-state index contributed by atoms with van der Waals surface area (Å²) in [5.74, 6) is 1.17. The molecule has 1 aliphatic carbocycles. The molecule has 0 bridgehead atoms. The Morgan fingerprint density at radius 2 is 2.22 bits per heavy atom. The first-order valence-corrected chi connectivity index (χ1v) is 3.62. The third-order valence-corrected chi connectivity index (χ3v) is 1.94. The Bertz CT molecular complexity index is 107. The zero-order valence-electron chi connectivity index (χ0n) is 5.88. The van der Waals surface area contributed by atoms with E-state index in [0.717, 1.165) is 12.3 Å². The summed E-state index contributed by atoms with van der Waals surface area (Å²) in [5.41, 5.74) is 0. The zero-order valence-corrected chi connectivity index (χ0v) is 5.88. The molecule has 52 valence electrons. The van der Waals surface area contributed by atoms with Gasteiger partial charge in [0.15, 0.2) is 0 Å². The summed E-state index contributed by atoms with van der Waals surface area (Å²) >= 11 is 0. The van der Waals surface area contributed by atoms with Crippen LogP contribution in [-0.4, -0.2) is 11.7 Å². The number of aliphatic hydroxyl groups excluding tert-OH is 1. The van der Waals surface area contributed by atoms with Gasteiger partial charge in [0.1, 0.15) is 0 Å². The minimum absolute atomic E-state index is 0.323. The summed E-state index contributed by atoms with van der Waals surface area (Å²) in [7, 11) is 0. The lowest BCUT2D eigenvalue weighted by molar-refractivity contribution is 0.236. The summed E-state index contributed by atoms with van der Waals surface area (Å²) in [4.78, 5) is 0.